The van der Waals surface area contributed by atoms with Gasteiger partial charge in [-0.15, -0.1) is 11.3 Å². The number of rotatable bonds is 5. The van der Waals surface area contributed by atoms with Gasteiger partial charge in [0.2, 0.25) is 0 Å². The lowest BCUT2D eigenvalue weighted by molar-refractivity contribution is -0.384. The first-order chi connectivity index (χ1) is 8.70. The van der Waals surface area contributed by atoms with Gasteiger partial charge in [0, 0.05) is 17.5 Å². The van der Waals surface area contributed by atoms with Crippen molar-refractivity contribution in [2.75, 3.05) is 12.4 Å². The first kappa shape index (κ1) is 12.4. The first-order valence-electron chi connectivity index (χ1n) is 5.29. The van der Waals surface area contributed by atoms with Crippen LogP contribution in [-0.2, 0) is 6.54 Å². The number of methoxy groups -OCH3 is 1. The van der Waals surface area contributed by atoms with Gasteiger partial charge in [-0.2, -0.15) is 0 Å². The van der Waals surface area contributed by atoms with Gasteiger partial charge in [-0.3, -0.25) is 10.1 Å². The summed E-state index contributed by atoms with van der Waals surface area (Å²) < 4.78 is 5.14. The molecule has 1 N–H and O–H groups in total. The Morgan fingerprint density at radius 1 is 1.44 bits per heavy atom. The molecule has 0 aliphatic carbocycles. The van der Waals surface area contributed by atoms with Crippen molar-refractivity contribution in [1.82, 2.24) is 0 Å². The summed E-state index contributed by atoms with van der Waals surface area (Å²) in [5.74, 6) is 0.473. The maximum atomic E-state index is 10.7. The monoisotopic (exact) mass is 264 g/mol. The fourth-order valence-electron chi connectivity index (χ4n) is 1.54. The standard InChI is InChI=1S/C12H12N2O3S/c1-17-12-7-9(14(15)16)4-5-11(12)13-8-10-3-2-6-18-10/h2-7,13H,8H2,1H3. The molecule has 0 saturated heterocycles. The fourth-order valence-corrected chi connectivity index (χ4v) is 2.18. The van der Waals surface area contributed by atoms with Gasteiger partial charge in [-0.25, -0.2) is 0 Å². The average Bonchev–Trinajstić information content (AvgIpc) is 2.89. The van der Waals surface area contributed by atoms with Crippen molar-refractivity contribution in [3.8, 4) is 5.75 Å². The Balaban J connectivity index is 2.14. The van der Waals surface area contributed by atoms with E-state index in [0.29, 0.717) is 12.3 Å². The van der Waals surface area contributed by atoms with Gasteiger partial charge in [0.15, 0.2) is 0 Å². The third kappa shape index (κ3) is 2.78. The second kappa shape index (κ2) is 5.50. The van der Waals surface area contributed by atoms with Crippen LogP contribution in [0.1, 0.15) is 4.88 Å². The Morgan fingerprint density at radius 3 is 2.89 bits per heavy atom. The molecule has 1 aromatic carbocycles. The second-order valence-corrected chi connectivity index (χ2v) is 4.61. The third-order valence-corrected chi connectivity index (χ3v) is 3.31. The van der Waals surface area contributed by atoms with Crippen LogP contribution in [0.4, 0.5) is 11.4 Å². The number of non-ortho nitro benzene ring substituents is 1. The SMILES string of the molecule is COc1cc([N+](=O)[O-])ccc1NCc1cccs1. The number of thiophene rings is 1. The Labute approximate surface area is 108 Å². The Hall–Kier alpha value is -2.08. The van der Waals surface area contributed by atoms with E-state index in [9.17, 15) is 10.1 Å². The lowest BCUT2D eigenvalue weighted by Gasteiger charge is -2.09. The number of benzene rings is 1. The minimum atomic E-state index is -0.439. The van der Waals surface area contributed by atoms with Gasteiger partial charge < -0.3 is 10.1 Å². The van der Waals surface area contributed by atoms with Gasteiger partial charge in [0.1, 0.15) is 5.75 Å². The molecule has 18 heavy (non-hydrogen) atoms. The second-order valence-electron chi connectivity index (χ2n) is 3.57. The van der Waals surface area contributed by atoms with Gasteiger partial charge in [0.25, 0.3) is 5.69 Å². The number of hydrogen-bond donors (Lipinski definition) is 1. The molecule has 2 aromatic rings. The molecule has 0 saturated carbocycles. The summed E-state index contributed by atoms with van der Waals surface area (Å²) in [7, 11) is 1.50. The van der Waals surface area contributed by atoms with Crippen LogP contribution < -0.4 is 10.1 Å². The van der Waals surface area contributed by atoms with Crippen LogP contribution in [0.15, 0.2) is 35.7 Å². The minimum Gasteiger partial charge on any atom is -0.494 e. The van der Waals surface area contributed by atoms with Crippen molar-refractivity contribution >= 4 is 22.7 Å². The van der Waals surface area contributed by atoms with Gasteiger partial charge in [0.05, 0.1) is 23.8 Å². The van der Waals surface area contributed by atoms with E-state index in [0.717, 1.165) is 5.69 Å². The highest BCUT2D eigenvalue weighted by Gasteiger charge is 2.11. The summed E-state index contributed by atoms with van der Waals surface area (Å²) in [5.41, 5.74) is 0.769. The highest BCUT2D eigenvalue weighted by molar-refractivity contribution is 7.09. The predicted octanol–water partition coefficient (Wildman–Crippen LogP) is 3.28. The molecule has 0 aliphatic heterocycles. The summed E-state index contributed by atoms with van der Waals surface area (Å²) >= 11 is 1.65. The van der Waals surface area contributed by atoms with Gasteiger partial charge in [-0.1, -0.05) is 6.07 Å². The van der Waals surface area contributed by atoms with Crippen LogP contribution in [0.3, 0.4) is 0 Å². The summed E-state index contributed by atoms with van der Waals surface area (Å²) in [6.07, 6.45) is 0. The Bertz CT molecular complexity index is 540. The number of nitrogens with zero attached hydrogens (tertiary/aromatic N) is 1. The maximum absolute atomic E-state index is 10.7. The van der Waals surface area contributed by atoms with E-state index in [2.05, 4.69) is 5.32 Å². The first-order valence-corrected chi connectivity index (χ1v) is 6.17. The molecule has 0 unspecified atom stereocenters. The molecule has 94 valence electrons. The quantitative estimate of drug-likeness (QED) is 0.665. The van der Waals surface area contributed by atoms with Gasteiger partial charge in [-0.05, 0) is 17.5 Å². The predicted molar refractivity (Wildman–Crippen MR) is 71.3 cm³/mol. The number of ether oxygens (including phenoxy) is 1. The van der Waals surface area contributed by atoms with Crippen LogP contribution in [-0.4, -0.2) is 12.0 Å². The molecular weight excluding hydrogens is 252 g/mol. The van der Waals surface area contributed by atoms with E-state index in [-0.39, 0.29) is 5.69 Å². The van der Waals surface area contributed by atoms with E-state index in [4.69, 9.17) is 4.74 Å². The van der Waals surface area contributed by atoms with Crippen molar-refractivity contribution in [1.29, 1.82) is 0 Å². The smallest absolute Gasteiger partial charge is 0.273 e. The number of nitro benzene ring substituents is 1. The van der Waals surface area contributed by atoms with Crippen LogP contribution in [0.25, 0.3) is 0 Å². The fraction of sp³-hybridized carbons (Fsp3) is 0.167. The zero-order chi connectivity index (χ0) is 13.0. The van der Waals surface area contributed by atoms with Crippen molar-refractivity contribution in [2.45, 2.75) is 6.54 Å². The van der Waals surface area contributed by atoms with Gasteiger partial charge >= 0.3 is 0 Å². The van der Waals surface area contributed by atoms with E-state index in [1.807, 2.05) is 17.5 Å². The largest absolute Gasteiger partial charge is 0.494 e. The Morgan fingerprint density at radius 2 is 2.28 bits per heavy atom. The number of anilines is 1. The molecule has 1 heterocycles. The highest BCUT2D eigenvalue weighted by atomic mass is 32.1. The van der Waals surface area contributed by atoms with Crippen LogP contribution >= 0.6 is 11.3 Å². The summed E-state index contributed by atoms with van der Waals surface area (Å²) in [4.78, 5) is 11.4. The van der Waals surface area contributed by atoms with Crippen LogP contribution in [0.2, 0.25) is 0 Å². The lowest BCUT2D eigenvalue weighted by atomic mass is 10.2. The molecule has 0 spiro atoms. The number of nitro groups is 1. The minimum absolute atomic E-state index is 0.0218. The molecule has 2 rings (SSSR count). The molecule has 0 aliphatic rings. The van der Waals surface area contributed by atoms with E-state index in [1.54, 1.807) is 17.4 Å². The van der Waals surface area contributed by atoms with E-state index < -0.39 is 4.92 Å². The van der Waals surface area contributed by atoms with Crippen LogP contribution in [0, 0.1) is 10.1 Å². The molecular formula is C12H12N2O3S. The number of hydrogen-bond acceptors (Lipinski definition) is 5. The molecule has 0 atom stereocenters. The van der Waals surface area contributed by atoms with E-state index >= 15 is 0 Å². The van der Waals surface area contributed by atoms with Crippen molar-refractivity contribution in [3.63, 3.8) is 0 Å². The Kier molecular flexibility index (Phi) is 3.78. The molecule has 0 amide bonds. The van der Waals surface area contributed by atoms with Crippen molar-refractivity contribution in [2.24, 2.45) is 0 Å². The van der Waals surface area contributed by atoms with E-state index in [1.165, 1.54) is 24.1 Å². The van der Waals surface area contributed by atoms with Crippen molar-refractivity contribution in [3.05, 3.63) is 50.7 Å². The molecule has 0 fully saturated rings. The maximum Gasteiger partial charge on any atom is 0.273 e. The molecule has 1 aromatic heterocycles. The molecule has 6 heteroatoms. The summed E-state index contributed by atoms with van der Waals surface area (Å²) in [6, 6.07) is 8.53. The average molecular weight is 264 g/mol. The summed E-state index contributed by atoms with van der Waals surface area (Å²) in [5, 5.41) is 15.9. The molecule has 0 bridgehead atoms. The highest BCUT2D eigenvalue weighted by Crippen LogP contribution is 2.29. The zero-order valence-corrected chi connectivity index (χ0v) is 10.6. The molecule has 5 nitrogen and oxygen atoms in total. The summed E-state index contributed by atoms with van der Waals surface area (Å²) in [6.45, 7) is 0.672. The third-order valence-electron chi connectivity index (χ3n) is 2.43. The topological polar surface area (TPSA) is 64.4 Å². The lowest BCUT2D eigenvalue weighted by Crippen LogP contribution is -2.00. The zero-order valence-electron chi connectivity index (χ0n) is 9.75. The molecule has 0 radical (unpaired) electrons. The van der Waals surface area contributed by atoms with Crippen molar-refractivity contribution < 1.29 is 9.66 Å². The normalized spacial score (nSPS) is 10.1. The van der Waals surface area contributed by atoms with Crippen LogP contribution in [0.5, 0.6) is 5.75 Å². The number of nitrogens with one attached hydrogen (secondary N) is 1.